The zero-order chi connectivity index (χ0) is 25.0. The van der Waals surface area contributed by atoms with Crippen LogP contribution >= 0.6 is 0 Å². The van der Waals surface area contributed by atoms with Crippen molar-refractivity contribution in [1.29, 1.82) is 0 Å². The van der Waals surface area contributed by atoms with Crippen molar-refractivity contribution in [2.75, 3.05) is 39.3 Å². The first-order valence-electron chi connectivity index (χ1n) is 11.9. The van der Waals surface area contributed by atoms with E-state index in [2.05, 4.69) is 20.9 Å². The number of nitrogens with zero attached hydrogens (tertiary/aromatic N) is 2. The predicted molar refractivity (Wildman–Crippen MR) is 137 cm³/mol. The highest BCUT2D eigenvalue weighted by molar-refractivity contribution is 7.89. The summed E-state index contributed by atoms with van der Waals surface area (Å²) in [5.74, 6) is 6.11. The summed E-state index contributed by atoms with van der Waals surface area (Å²) in [6.07, 6.45) is 2.52. The van der Waals surface area contributed by atoms with E-state index in [1.54, 1.807) is 0 Å². The molecule has 0 bridgehead atoms. The third kappa shape index (κ3) is 5.83. The highest BCUT2D eigenvalue weighted by Crippen LogP contribution is 2.35. The van der Waals surface area contributed by atoms with Crippen LogP contribution in [-0.2, 0) is 16.4 Å². The Morgan fingerprint density at radius 1 is 1.14 bits per heavy atom. The van der Waals surface area contributed by atoms with Gasteiger partial charge in [-0.15, -0.1) is 5.10 Å². The number of aliphatic hydroxyl groups is 1. The lowest BCUT2D eigenvalue weighted by molar-refractivity contribution is 0.115. The molecule has 190 valence electrons. The van der Waals surface area contributed by atoms with E-state index in [0.29, 0.717) is 35.9 Å². The molecule has 0 spiro atoms. The van der Waals surface area contributed by atoms with Crippen LogP contribution in [0.4, 0.5) is 0 Å². The molecule has 2 aliphatic rings. The molecule has 0 unspecified atom stereocenters. The van der Waals surface area contributed by atoms with Gasteiger partial charge in [0.05, 0.1) is 11.5 Å². The lowest BCUT2D eigenvalue weighted by Gasteiger charge is -2.39. The molecule has 10 nitrogen and oxygen atoms in total. The van der Waals surface area contributed by atoms with Gasteiger partial charge >= 0.3 is 0 Å². The molecule has 2 aromatic carbocycles. The number of sulfonamides is 1. The van der Waals surface area contributed by atoms with Crippen LogP contribution in [-0.4, -0.2) is 63.6 Å². The second-order valence-electron chi connectivity index (χ2n) is 9.35. The number of piperidine rings is 1. The molecular weight excluding hydrogens is 466 g/mol. The maximum Gasteiger partial charge on any atom is 0.239 e. The SMILES string of the molecule is NN/N=C(\N)c1c(-c2ccc(C3CN(CCO)C3)cc2)ccc(CC2CCNCC2)c1S(N)(=O)=O. The third-order valence-electron chi connectivity index (χ3n) is 7.00. The first-order chi connectivity index (χ1) is 16.8. The largest absolute Gasteiger partial charge is 0.395 e. The Bertz CT molecular complexity index is 1160. The molecule has 2 heterocycles. The zero-order valence-corrected chi connectivity index (χ0v) is 20.6. The van der Waals surface area contributed by atoms with Gasteiger partial charge in [0.2, 0.25) is 10.0 Å². The Morgan fingerprint density at radius 2 is 1.83 bits per heavy atom. The van der Waals surface area contributed by atoms with Crippen molar-refractivity contribution in [1.82, 2.24) is 15.8 Å². The van der Waals surface area contributed by atoms with Crippen molar-refractivity contribution >= 4 is 15.9 Å². The average Bonchev–Trinajstić information content (AvgIpc) is 2.81. The van der Waals surface area contributed by atoms with E-state index in [-0.39, 0.29) is 22.9 Å². The lowest BCUT2D eigenvalue weighted by atomic mass is 9.87. The summed E-state index contributed by atoms with van der Waals surface area (Å²) in [5.41, 5.74) is 12.0. The number of aliphatic hydroxyl groups excluding tert-OH is 1. The molecule has 2 aliphatic heterocycles. The quantitative estimate of drug-likeness (QED) is 0.121. The molecule has 9 N–H and O–H groups in total. The maximum atomic E-state index is 12.9. The number of nitrogens with one attached hydrogen (secondary N) is 2. The number of rotatable bonds is 9. The number of hydrazone groups is 1. The second kappa shape index (κ2) is 11.0. The molecular formula is C24H35N7O3S. The van der Waals surface area contributed by atoms with Crippen molar-refractivity contribution < 1.29 is 13.5 Å². The normalized spacial score (nSPS) is 18.4. The van der Waals surface area contributed by atoms with Gasteiger partial charge in [-0.1, -0.05) is 36.4 Å². The van der Waals surface area contributed by atoms with E-state index in [1.165, 1.54) is 5.56 Å². The fraction of sp³-hybridized carbons (Fsp3) is 0.458. The van der Waals surface area contributed by atoms with Crippen molar-refractivity contribution in [2.24, 2.45) is 27.7 Å². The number of hydrogen-bond acceptors (Lipinski definition) is 8. The van der Waals surface area contributed by atoms with E-state index < -0.39 is 10.0 Å². The van der Waals surface area contributed by atoms with E-state index in [9.17, 15) is 8.42 Å². The minimum Gasteiger partial charge on any atom is -0.395 e. The molecule has 0 aromatic heterocycles. The van der Waals surface area contributed by atoms with Crippen molar-refractivity contribution in [2.45, 2.75) is 30.1 Å². The maximum absolute atomic E-state index is 12.9. The summed E-state index contributed by atoms with van der Waals surface area (Å²) in [5, 5.41) is 22.1. The smallest absolute Gasteiger partial charge is 0.239 e. The number of benzene rings is 2. The highest BCUT2D eigenvalue weighted by Gasteiger charge is 2.29. The predicted octanol–water partition coefficient (Wildman–Crippen LogP) is 0.0182. The van der Waals surface area contributed by atoms with E-state index >= 15 is 0 Å². The van der Waals surface area contributed by atoms with Crippen LogP contribution in [0.15, 0.2) is 46.4 Å². The van der Waals surface area contributed by atoms with E-state index in [0.717, 1.165) is 44.6 Å². The number of β-amino-alcohol motifs (C(OH)–C–C–N with tert-alkyl or cyclic N) is 1. The number of amidine groups is 1. The molecule has 0 amide bonds. The zero-order valence-electron chi connectivity index (χ0n) is 19.8. The van der Waals surface area contributed by atoms with Crippen molar-refractivity contribution in [3.8, 4) is 11.1 Å². The molecule has 2 saturated heterocycles. The van der Waals surface area contributed by atoms with Gasteiger partial charge in [-0.2, -0.15) is 0 Å². The number of likely N-dealkylation sites (tertiary alicyclic amines) is 1. The fourth-order valence-electron chi connectivity index (χ4n) is 5.17. The Labute approximate surface area is 206 Å². The molecule has 0 radical (unpaired) electrons. The van der Waals surface area contributed by atoms with Gasteiger partial charge in [0.15, 0.2) is 5.84 Å². The third-order valence-corrected chi connectivity index (χ3v) is 8.03. The first kappa shape index (κ1) is 25.5. The fourth-order valence-corrected chi connectivity index (χ4v) is 6.18. The van der Waals surface area contributed by atoms with E-state index in [1.807, 2.05) is 36.4 Å². The summed E-state index contributed by atoms with van der Waals surface area (Å²) in [6, 6.07) is 11.8. The molecule has 0 saturated carbocycles. The summed E-state index contributed by atoms with van der Waals surface area (Å²) >= 11 is 0. The molecule has 0 aliphatic carbocycles. The number of nitrogens with two attached hydrogens (primary N) is 3. The number of hydrogen-bond donors (Lipinski definition) is 6. The highest BCUT2D eigenvalue weighted by atomic mass is 32.2. The van der Waals surface area contributed by atoms with Crippen LogP contribution in [0.25, 0.3) is 11.1 Å². The van der Waals surface area contributed by atoms with Crippen LogP contribution in [0.5, 0.6) is 0 Å². The molecule has 4 rings (SSSR count). The van der Waals surface area contributed by atoms with Crippen molar-refractivity contribution in [3.05, 3.63) is 53.1 Å². The Balaban J connectivity index is 1.73. The number of hydrazine groups is 1. The standard InChI is InChI=1S/C24H35N7O3S/c25-24(29-30-26)22-21(18-3-1-17(2-4-18)20-14-31(15-20)11-12-32)6-5-19(23(22)35(27,33)34)13-16-7-9-28-10-8-16/h1-6,16,20,28,30,32H,7-15,26H2,(H2,25,29)(H2,27,33,34). The minimum atomic E-state index is -4.11. The van der Waals surface area contributed by atoms with Gasteiger partial charge in [0.1, 0.15) is 0 Å². The van der Waals surface area contributed by atoms with Crippen LogP contribution in [0.1, 0.15) is 35.4 Å². The van der Waals surface area contributed by atoms with Crippen molar-refractivity contribution in [3.63, 3.8) is 0 Å². The minimum absolute atomic E-state index is 0.00717. The summed E-state index contributed by atoms with van der Waals surface area (Å²) < 4.78 is 25.7. The summed E-state index contributed by atoms with van der Waals surface area (Å²) in [7, 11) is -4.11. The molecule has 0 atom stereocenters. The summed E-state index contributed by atoms with van der Waals surface area (Å²) in [6.45, 7) is 4.49. The Kier molecular flexibility index (Phi) is 8.05. The van der Waals surface area contributed by atoms with Crippen LogP contribution < -0.4 is 27.6 Å². The average molecular weight is 502 g/mol. The monoisotopic (exact) mass is 501 g/mol. The lowest BCUT2D eigenvalue weighted by Crippen LogP contribution is -2.46. The van der Waals surface area contributed by atoms with Gasteiger partial charge in [0, 0.05) is 31.1 Å². The molecule has 2 aromatic rings. The van der Waals surface area contributed by atoms with Gasteiger partial charge < -0.3 is 16.2 Å². The van der Waals surface area contributed by atoms with Gasteiger partial charge in [-0.3, -0.25) is 4.90 Å². The molecule has 2 fully saturated rings. The van der Waals surface area contributed by atoms with E-state index in [4.69, 9.17) is 21.8 Å². The topological polar surface area (TPSA) is 172 Å². The molecule has 11 heteroatoms. The Hall–Kier alpha value is -2.54. The first-order valence-corrected chi connectivity index (χ1v) is 13.5. The van der Waals surface area contributed by atoms with Gasteiger partial charge in [-0.25, -0.2) is 24.9 Å². The molecule has 35 heavy (non-hydrogen) atoms. The number of primary sulfonamides is 1. The van der Waals surface area contributed by atoms with Gasteiger partial charge in [0.25, 0.3) is 0 Å². The van der Waals surface area contributed by atoms with Crippen LogP contribution in [0.2, 0.25) is 0 Å². The summed E-state index contributed by atoms with van der Waals surface area (Å²) in [4.78, 5) is 2.21. The Morgan fingerprint density at radius 3 is 2.43 bits per heavy atom. The van der Waals surface area contributed by atoms with Crippen LogP contribution in [0.3, 0.4) is 0 Å². The van der Waals surface area contributed by atoms with Crippen LogP contribution in [0, 0.1) is 5.92 Å². The second-order valence-corrected chi connectivity index (χ2v) is 10.8. The van der Waals surface area contributed by atoms with Gasteiger partial charge in [-0.05, 0) is 60.5 Å².